The van der Waals surface area contributed by atoms with E-state index >= 15 is 0 Å². The molecule has 0 atom stereocenters. The van der Waals surface area contributed by atoms with Gasteiger partial charge >= 0.3 is 0 Å². The number of primary sulfonamides is 1. The molecule has 198 valence electrons. The first-order valence-corrected chi connectivity index (χ1v) is 14.4. The number of fused-ring (bicyclic) bond motifs is 1. The lowest BCUT2D eigenvalue weighted by Crippen LogP contribution is -2.25. The van der Waals surface area contributed by atoms with Crippen LogP contribution in [0.1, 0.15) is 15.2 Å². The van der Waals surface area contributed by atoms with Gasteiger partial charge in [-0.15, -0.1) is 11.3 Å². The average molecular weight is 559 g/mol. The van der Waals surface area contributed by atoms with Crippen molar-refractivity contribution in [3.8, 4) is 28.1 Å². The molecule has 39 heavy (non-hydrogen) atoms. The van der Waals surface area contributed by atoms with Crippen LogP contribution < -0.4 is 20.9 Å². The molecule has 3 aromatic carbocycles. The van der Waals surface area contributed by atoms with Crippen molar-refractivity contribution < 1.29 is 17.9 Å². The predicted molar refractivity (Wildman–Crippen MR) is 155 cm³/mol. The maximum Gasteiger partial charge on any atom is 0.263 e. The zero-order valence-corrected chi connectivity index (χ0v) is 22.7. The molecule has 5 aromatic rings. The summed E-state index contributed by atoms with van der Waals surface area (Å²) >= 11 is 1.25. The van der Waals surface area contributed by atoms with Crippen LogP contribution in [0, 0.1) is 0 Å². The molecule has 5 rings (SSSR count). The van der Waals surface area contributed by atoms with E-state index in [4.69, 9.17) is 20.6 Å². The molecule has 2 heterocycles. The van der Waals surface area contributed by atoms with E-state index in [-0.39, 0.29) is 10.8 Å². The smallest absolute Gasteiger partial charge is 0.263 e. The molecule has 1 amide bonds. The topological polar surface area (TPSA) is 137 Å². The number of aromatic nitrogens is 1. The largest absolute Gasteiger partial charge is 0.497 e. The van der Waals surface area contributed by atoms with Crippen molar-refractivity contribution in [2.75, 3.05) is 19.4 Å². The van der Waals surface area contributed by atoms with E-state index in [0.29, 0.717) is 28.4 Å². The Labute approximate surface area is 230 Å². The Hall–Kier alpha value is -4.25. The molecule has 0 radical (unpaired) electrons. The molecule has 8 nitrogen and oxygen atoms in total. The molecule has 0 aliphatic carbocycles. The lowest BCUT2D eigenvalue weighted by atomic mass is 9.99. The minimum Gasteiger partial charge on any atom is -0.497 e. The highest BCUT2D eigenvalue weighted by Gasteiger charge is 2.21. The summed E-state index contributed by atoms with van der Waals surface area (Å²) in [5, 5.41) is 8.80. The van der Waals surface area contributed by atoms with Gasteiger partial charge in [0, 0.05) is 17.5 Å². The fourth-order valence-corrected chi connectivity index (χ4v) is 5.84. The first-order valence-electron chi connectivity index (χ1n) is 12.1. The molecule has 2 aromatic heterocycles. The fraction of sp³-hybridized carbons (Fsp3) is 0.103. The summed E-state index contributed by atoms with van der Waals surface area (Å²) in [6, 6.07) is 25.8. The number of sulfonamides is 1. The Morgan fingerprint density at radius 1 is 0.974 bits per heavy atom. The van der Waals surface area contributed by atoms with Crippen LogP contribution in [0.25, 0.3) is 32.6 Å². The molecule has 0 saturated heterocycles. The van der Waals surface area contributed by atoms with Gasteiger partial charge in [-0.1, -0.05) is 54.6 Å². The lowest BCUT2D eigenvalue weighted by Gasteiger charge is -2.10. The quantitative estimate of drug-likeness (QED) is 0.249. The number of pyridine rings is 1. The molecule has 5 N–H and O–H groups in total. The van der Waals surface area contributed by atoms with Crippen LogP contribution in [-0.4, -0.2) is 33.0 Å². The predicted octanol–water partition coefficient (Wildman–Crippen LogP) is 4.84. The highest BCUT2D eigenvalue weighted by molar-refractivity contribution is 7.89. The van der Waals surface area contributed by atoms with Crippen molar-refractivity contribution in [1.29, 1.82) is 0 Å². The number of nitrogens with two attached hydrogens (primary N) is 2. The summed E-state index contributed by atoms with van der Waals surface area (Å²) in [5.74, 6) is 0.448. The molecular formula is C29H26N4O4S2. The van der Waals surface area contributed by atoms with Crippen LogP contribution in [0.5, 0.6) is 5.75 Å². The molecular weight excluding hydrogens is 532 g/mol. The number of nitrogens with one attached hydrogen (secondary N) is 1. The summed E-state index contributed by atoms with van der Waals surface area (Å²) in [7, 11) is -2.13. The number of nitrogen functional groups attached to an aromatic ring is 1. The van der Waals surface area contributed by atoms with E-state index < -0.39 is 10.0 Å². The van der Waals surface area contributed by atoms with E-state index in [0.717, 1.165) is 39.1 Å². The highest BCUT2D eigenvalue weighted by Crippen LogP contribution is 2.41. The lowest BCUT2D eigenvalue weighted by molar-refractivity contribution is 0.0959. The second-order valence-electron chi connectivity index (χ2n) is 8.87. The van der Waals surface area contributed by atoms with E-state index in [2.05, 4.69) is 5.32 Å². The third-order valence-electron chi connectivity index (χ3n) is 6.33. The molecule has 0 aliphatic rings. The number of carbonyl (C=O) groups excluding carboxylic acids is 1. The van der Waals surface area contributed by atoms with Gasteiger partial charge in [0.15, 0.2) is 0 Å². The van der Waals surface area contributed by atoms with Gasteiger partial charge in [-0.25, -0.2) is 18.5 Å². The number of hydrogen-bond acceptors (Lipinski definition) is 7. The van der Waals surface area contributed by atoms with Crippen molar-refractivity contribution in [3.05, 3.63) is 95.4 Å². The zero-order valence-electron chi connectivity index (χ0n) is 21.0. The van der Waals surface area contributed by atoms with Crippen molar-refractivity contribution in [2.45, 2.75) is 11.3 Å². The molecule has 0 saturated carbocycles. The van der Waals surface area contributed by atoms with Crippen LogP contribution in [0.3, 0.4) is 0 Å². The van der Waals surface area contributed by atoms with E-state index in [1.807, 2.05) is 60.7 Å². The third kappa shape index (κ3) is 5.63. The Morgan fingerprint density at radius 3 is 2.31 bits per heavy atom. The van der Waals surface area contributed by atoms with Gasteiger partial charge in [-0.2, -0.15) is 0 Å². The second-order valence-corrected chi connectivity index (χ2v) is 11.4. The van der Waals surface area contributed by atoms with Gasteiger partial charge in [-0.05, 0) is 53.4 Å². The monoisotopic (exact) mass is 558 g/mol. The number of amides is 1. The van der Waals surface area contributed by atoms with E-state index in [9.17, 15) is 13.2 Å². The summed E-state index contributed by atoms with van der Waals surface area (Å²) in [6.45, 7) is 0.343. The number of rotatable bonds is 8. The SMILES string of the molecule is COc1ccc(-c2cc(-c3ccccc3)nc3sc(C(=O)NCCc4ccc(S(N)(=O)=O)cc4)c(N)c23)cc1. The van der Waals surface area contributed by atoms with Gasteiger partial charge < -0.3 is 15.8 Å². The van der Waals surface area contributed by atoms with Gasteiger partial charge in [0.1, 0.15) is 15.5 Å². The van der Waals surface area contributed by atoms with Crippen LogP contribution >= 0.6 is 11.3 Å². The van der Waals surface area contributed by atoms with Gasteiger partial charge in [0.2, 0.25) is 10.0 Å². The molecule has 10 heteroatoms. The van der Waals surface area contributed by atoms with Gasteiger partial charge in [0.25, 0.3) is 5.91 Å². The maximum absolute atomic E-state index is 13.2. The fourth-order valence-electron chi connectivity index (χ4n) is 4.29. The maximum atomic E-state index is 13.2. The Kier molecular flexibility index (Phi) is 7.34. The number of thiophene rings is 1. The number of carbonyl (C=O) groups is 1. The first-order chi connectivity index (χ1) is 18.7. The van der Waals surface area contributed by atoms with Gasteiger partial charge in [0.05, 0.1) is 23.4 Å². The average Bonchev–Trinajstić information content (AvgIpc) is 3.29. The van der Waals surface area contributed by atoms with Crippen LogP contribution in [0.15, 0.2) is 89.8 Å². The Bertz CT molecular complexity index is 1750. The zero-order chi connectivity index (χ0) is 27.6. The van der Waals surface area contributed by atoms with Crippen LogP contribution in [0.2, 0.25) is 0 Å². The molecule has 0 aliphatic heterocycles. The summed E-state index contributed by atoms with van der Waals surface area (Å²) in [4.78, 5) is 19.1. The molecule has 0 spiro atoms. The van der Waals surface area contributed by atoms with Crippen molar-refractivity contribution in [3.63, 3.8) is 0 Å². The summed E-state index contributed by atoms with van der Waals surface area (Å²) in [6.07, 6.45) is 0.509. The first kappa shape index (κ1) is 26.4. The minimum atomic E-state index is -3.75. The minimum absolute atomic E-state index is 0.0448. The number of benzene rings is 3. The third-order valence-corrected chi connectivity index (χ3v) is 8.35. The van der Waals surface area contributed by atoms with Crippen LogP contribution in [-0.2, 0) is 16.4 Å². The van der Waals surface area contributed by atoms with Crippen molar-refractivity contribution in [2.24, 2.45) is 5.14 Å². The number of anilines is 1. The second kappa shape index (κ2) is 10.9. The Balaban J connectivity index is 1.45. The van der Waals surface area contributed by atoms with E-state index in [1.54, 1.807) is 19.2 Å². The Morgan fingerprint density at radius 2 is 1.67 bits per heavy atom. The number of methoxy groups -OCH3 is 1. The standard InChI is InChI=1S/C29H26N4O4S2/c1-37-21-11-9-19(10-12-21)23-17-24(20-5-3-2-4-6-20)33-29-25(23)26(30)27(38-29)28(34)32-16-15-18-7-13-22(14-8-18)39(31,35)36/h2-14,17H,15-16,30H2,1H3,(H,32,34)(H2,31,35,36). The number of nitrogens with zero attached hydrogens (tertiary/aromatic N) is 1. The molecule has 0 fully saturated rings. The van der Waals surface area contributed by atoms with E-state index in [1.165, 1.54) is 23.5 Å². The van der Waals surface area contributed by atoms with Crippen LogP contribution in [0.4, 0.5) is 5.69 Å². The summed E-state index contributed by atoms with van der Waals surface area (Å²) in [5.41, 5.74) is 11.4. The normalized spacial score (nSPS) is 11.4. The van der Waals surface area contributed by atoms with Gasteiger partial charge in [-0.3, -0.25) is 4.79 Å². The molecule has 0 bridgehead atoms. The number of ether oxygens (including phenoxy) is 1. The van der Waals surface area contributed by atoms with Crippen molar-refractivity contribution >= 4 is 43.2 Å². The van der Waals surface area contributed by atoms with Crippen molar-refractivity contribution in [1.82, 2.24) is 10.3 Å². The molecule has 0 unspecified atom stereocenters. The highest BCUT2D eigenvalue weighted by atomic mass is 32.2. The number of hydrogen-bond donors (Lipinski definition) is 3. The summed E-state index contributed by atoms with van der Waals surface area (Å²) < 4.78 is 28.2.